The van der Waals surface area contributed by atoms with Crippen LogP contribution in [0.15, 0.2) is 18.3 Å². The highest BCUT2D eigenvalue weighted by atomic mass is 16.3. The van der Waals surface area contributed by atoms with Gasteiger partial charge in [-0.25, -0.2) is 4.98 Å². The second kappa shape index (κ2) is 11.2. The predicted octanol–water partition coefficient (Wildman–Crippen LogP) is 3.61. The van der Waals surface area contributed by atoms with E-state index in [4.69, 9.17) is 5.11 Å². The Morgan fingerprint density at radius 2 is 2.00 bits per heavy atom. The van der Waals surface area contributed by atoms with E-state index < -0.39 is 0 Å². The molecule has 1 aromatic heterocycles. The zero-order valence-corrected chi connectivity index (χ0v) is 16.4. The number of piperidine rings is 1. The fourth-order valence-electron chi connectivity index (χ4n) is 3.93. The zero-order chi connectivity index (χ0) is 18.8. The van der Waals surface area contributed by atoms with Gasteiger partial charge < -0.3 is 14.9 Å². The highest BCUT2D eigenvalue weighted by Crippen LogP contribution is 2.22. The third-order valence-corrected chi connectivity index (χ3v) is 5.52. The van der Waals surface area contributed by atoms with Crippen molar-refractivity contribution >= 4 is 12.2 Å². The van der Waals surface area contributed by atoms with Crippen LogP contribution >= 0.6 is 0 Å². The van der Waals surface area contributed by atoms with E-state index >= 15 is 0 Å². The molecule has 1 aliphatic carbocycles. The number of hydrogen-bond acceptors (Lipinski definition) is 4. The summed E-state index contributed by atoms with van der Waals surface area (Å²) in [7, 11) is 0. The van der Waals surface area contributed by atoms with Crippen LogP contribution in [0, 0.1) is 5.92 Å². The lowest BCUT2D eigenvalue weighted by Crippen LogP contribution is -2.35. The summed E-state index contributed by atoms with van der Waals surface area (Å²) < 4.78 is 0. The maximum absolute atomic E-state index is 10.6. The molecule has 1 N–H and O–H groups in total. The summed E-state index contributed by atoms with van der Waals surface area (Å²) in [6, 6.07) is 4.50. The van der Waals surface area contributed by atoms with Gasteiger partial charge in [0.05, 0.1) is 6.61 Å². The topological polar surface area (TPSA) is 56.7 Å². The molecule has 1 unspecified atom stereocenters. The molecular formula is C21H35N3O2. The van der Waals surface area contributed by atoms with Gasteiger partial charge in [-0.1, -0.05) is 32.3 Å². The molecule has 0 spiro atoms. The Balaban J connectivity index is 0.000000197. The van der Waals surface area contributed by atoms with E-state index in [9.17, 15) is 4.79 Å². The minimum absolute atomic E-state index is 0.0731. The third-order valence-electron chi connectivity index (χ3n) is 5.52. The van der Waals surface area contributed by atoms with E-state index in [0.29, 0.717) is 6.04 Å². The lowest BCUT2D eigenvalue weighted by atomic mass is 9.94. The van der Waals surface area contributed by atoms with Gasteiger partial charge in [-0.15, -0.1) is 0 Å². The van der Waals surface area contributed by atoms with E-state index in [1.807, 2.05) is 24.0 Å². The van der Waals surface area contributed by atoms with Gasteiger partial charge in [0.1, 0.15) is 5.82 Å². The van der Waals surface area contributed by atoms with Crippen LogP contribution in [0.4, 0.5) is 5.82 Å². The summed E-state index contributed by atoms with van der Waals surface area (Å²) in [5.41, 5.74) is 0.879. The molecule has 2 heterocycles. The van der Waals surface area contributed by atoms with Crippen molar-refractivity contribution in [2.45, 2.75) is 71.4 Å². The molecule has 2 aliphatic rings. The van der Waals surface area contributed by atoms with Crippen molar-refractivity contribution in [3.05, 3.63) is 23.9 Å². The van der Waals surface area contributed by atoms with Crippen LogP contribution in [0.1, 0.15) is 64.4 Å². The number of aliphatic hydroxyl groups is 1. The molecule has 146 valence electrons. The monoisotopic (exact) mass is 361 g/mol. The van der Waals surface area contributed by atoms with Gasteiger partial charge >= 0.3 is 0 Å². The van der Waals surface area contributed by atoms with Gasteiger partial charge in [0.25, 0.3) is 0 Å². The Morgan fingerprint density at radius 1 is 1.23 bits per heavy atom. The number of carbonyl (C=O) groups is 1. The van der Waals surface area contributed by atoms with Gasteiger partial charge in [0, 0.05) is 31.9 Å². The maximum Gasteiger partial charge on any atom is 0.209 e. The molecule has 1 amide bonds. The second-order valence-corrected chi connectivity index (χ2v) is 7.60. The Labute approximate surface area is 158 Å². The number of carbonyl (C=O) groups excluding carboxylic acids is 1. The summed E-state index contributed by atoms with van der Waals surface area (Å²) in [6.07, 6.45) is 11.7. The summed E-state index contributed by atoms with van der Waals surface area (Å²) in [5.74, 6) is 1.80. The maximum atomic E-state index is 10.6. The fraction of sp³-hybridized carbons (Fsp3) is 0.714. The van der Waals surface area contributed by atoms with Crippen molar-refractivity contribution in [1.29, 1.82) is 0 Å². The lowest BCUT2D eigenvalue weighted by Gasteiger charge is -2.31. The average molecular weight is 362 g/mol. The van der Waals surface area contributed by atoms with Gasteiger partial charge in [0.15, 0.2) is 0 Å². The van der Waals surface area contributed by atoms with E-state index in [2.05, 4.69) is 16.8 Å². The minimum Gasteiger partial charge on any atom is -0.392 e. The number of aliphatic hydroxyl groups excluding tert-OH is 1. The first-order valence-electron chi connectivity index (χ1n) is 10.2. The van der Waals surface area contributed by atoms with Gasteiger partial charge in [-0.3, -0.25) is 4.79 Å². The van der Waals surface area contributed by atoms with Crippen molar-refractivity contribution in [2.75, 3.05) is 24.5 Å². The SMILES string of the molecule is CC1CCCN(c2ccc(CO)cn2)C1.CCN(C=O)C1CCCCC1. The predicted molar refractivity (Wildman–Crippen MR) is 106 cm³/mol. The van der Waals surface area contributed by atoms with E-state index in [-0.39, 0.29) is 6.61 Å². The smallest absolute Gasteiger partial charge is 0.209 e. The standard InChI is InChI=1S/C12H18N2O.C9H17NO/c1-10-3-2-6-14(8-10)12-5-4-11(9-15)7-13-12;1-2-10(8-11)9-6-4-3-5-7-9/h4-5,7,10,15H,2-3,6,8-9H2,1H3;8-9H,2-7H2,1H3. The molecule has 1 atom stereocenters. The van der Waals surface area contributed by atoms with Crippen LogP contribution in [-0.4, -0.2) is 47.1 Å². The normalized spacial score (nSPS) is 20.9. The number of anilines is 1. The van der Waals surface area contributed by atoms with Crippen molar-refractivity contribution in [3.63, 3.8) is 0 Å². The molecule has 3 rings (SSSR count). The number of hydrogen-bond donors (Lipinski definition) is 1. The Bertz CT molecular complexity index is 514. The van der Waals surface area contributed by atoms with Crippen LogP contribution < -0.4 is 4.90 Å². The third kappa shape index (κ3) is 6.27. The van der Waals surface area contributed by atoms with Gasteiger partial charge in [0.2, 0.25) is 6.41 Å². The quantitative estimate of drug-likeness (QED) is 0.814. The Morgan fingerprint density at radius 3 is 2.54 bits per heavy atom. The van der Waals surface area contributed by atoms with Crippen LogP contribution in [0.2, 0.25) is 0 Å². The molecule has 0 radical (unpaired) electrons. The molecule has 0 bridgehead atoms. The number of pyridine rings is 1. The minimum atomic E-state index is 0.0731. The second-order valence-electron chi connectivity index (χ2n) is 7.60. The van der Waals surface area contributed by atoms with Crippen LogP contribution in [0.3, 0.4) is 0 Å². The van der Waals surface area contributed by atoms with E-state index in [1.165, 1.54) is 44.9 Å². The number of rotatable bonds is 5. The summed E-state index contributed by atoms with van der Waals surface area (Å²) in [5, 5.41) is 8.93. The molecule has 5 heteroatoms. The zero-order valence-electron chi connectivity index (χ0n) is 16.4. The van der Waals surface area contributed by atoms with Crippen LogP contribution in [0.25, 0.3) is 0 Å². The molecule has 1 aromatic rings. The fourth-order valence-corrected chi connectivity index (χ4v) is 3.93. The summed E-state index contributed by atoms with van der Waals surface area (Å²) >= 11 is 0. The molecule has 5 nitrogen and oxygen atoms in total. The number of aromatic nitrogens is 1. The first-order valence-corrected chi connectivity index (χ1v) is 10.2. The first kappa shape index (κ1) is 20.7. The molecule has 1 aliphatic heterocycles. The highest BCUT2D eigenvalue weighted by Gasteiger charge is 2.18. The van der Waals surface area contributed by atoms with Gasteiger partial charge in [-0.05, 0) is 50.2 Å². The largest absolute Gasteiger partial charge is 0.392 e. The lowest BCUT2D eigenvalue weighted by molar-refractivity contribution is -0.120. The number of amides is 1. The van der Waals surface area contributed by atoms with E-state index in [1.54, 1.807) is 6.20 Å². The van der Waals surface area contributed by atoms with Gasteiger partial charge in [-0.2, -0.15) is 0 Å². The molecule has 1 saturated heterocycles. The van der Waals surface area contributed by atoms with Crippen molar-refractivity contribution in [1.82, 2.24) is 9.88 Å². The number of nitrogens with zero attached hydrogens (tertiary/aromatic N) is 3. The molecule has 1 saturated carbocycles. The molecular weight excluding hydrogens is 326 g/mol. The highest BCUT2D eigenvalue weighted by molar-refractivity contribution is 5.47. The Kier molecular flexibility index (Phi) is 8.89. The average Bonchev–Trinajstić information content (AvgIpc) is 2.70. The van der Waals surface area contributed by atoms with Crippen LogP contribution in [0.5, 0.6) is 0 Å². The molecule has 0 aromatic carbocycles. The van der Waals surface area contributed by atoms with Crippen molar-refractivity contribution in [3.8, 4) is 0 Å². The molecule has 26 heavy (non-hydrogen) atoms. The van der Waals surface area contributed by atoms with Crippen molar-refractivity contribution in [2.24, 2.45) is 5.92 Å². The molecule has 2 fully saturated rings. The van der Waals surface area contributed by atoms with Crippen LogP contribution in [-0.2, 0) is 11.4 Å². The first-order chi connectivity index (χ1) is 12.7. The van der Waals surface area contributed by atoms with E-state index in [0.717, 1.165) is 43.3 Å². The summed E-state index contributed by atoms with van der Waals surface area (Å²) in [6.45, 7) is 7.48. The van der Waals surface area contributed by atoms with Crippen molar-refractivity contribution < 1.29 is 9.90 Å². The summed E-state index contributed by atoms with van der Waals surface area (Å²) in [4.78, 5) is 19.2. The Hall–Kier alpha value is -1.62.